The van der Waals surface area contributed by atoms with Crippen molar-refractivity contribution in [1.82, 2.24) is 4.90 Å². The van der Waals surface area contributed by atoms with E-state index in [4.69, 9.17) is 16.3 Å². The minimum atomic E-state index is -0.567. The number of esters is 1. The second-order valence-corrected chi connectivity index (χ2v) is 8.39. The minimum absolute atomic E-state index is 0.111. The zero-order chi connectivity index (χ0) is 20.8. The van der Waals surface area contributed by atoms with Gasteiger partial charge in [0, 0.05) is 19.0 Å². The second-order valence-electron chi connectivity index (χ2n) is 5.95. The fourth-order valence-corrected chi connectivity index (χ4v) is 4.60. The molecule has 9 heteroatoms. The number of anilines is 1. The first-order chi connectivity index (χ1) is 13.3. The highest BCUT2D eigenvalue weighted by molar-refractivity contribution is 8.00. The Morgan fingerprint density at radius 3 is 2.54 bits per heavy atom. The van der Waals surface area contributed by atoms with E-state index in [1.54, 1.807) is 34.0 Å². The quantitative estimate of drug-likeness (QED) is 0.512. The van der Waals surface area contributed by atoms with Crippen LogP contribution in [0.1, 0.15) is 32.5 Å². The topological polar surface area (TPSA) is 75.7 Å². The van der Waals surface area contributed by atoms with Crippen LogP contribution in [-0.4, -0.2) is 49.1 Å². The number of rotatable bonds is 7. The Labute approximate surface area is 177 Å². The Kier molecular flexibility index (Phi) is 7.91. The van der Waals surface area contributed by atoms with E-state index >= 15 is 0 Å². The van der Waals surface area contributed by atoms with E-state index in [1.165, 1.54) is 16.7 Å². The first kappa shape index (κ1) is 22.3. The average Bonchev–Trinajstić information content (AvgIpc) is 2.96. The Morgan fingerprint density at radius 2 is 1.93 bits per heavy atom. The summed E-state index contributed by atoms with van der Waals surface area (Å²) in [5, 5.41) is 3.62. The van der Waals surface area contributed by atoms with Gasteiger partial charge in [0.15, 0.2) is 0 Å². The number of ether oxygens (including phenoxy) is 1. The van der Waals surface area contributed by atoms with Gasteiger partial charge in [0.25, 0.3) is 5.91 Å². The lowest BCUT2D eigenvalue weighted by molar-refractivity contribution is -0.113. The maximum absolute atomic E-state index is 12.4. The highest BCUT2D eigenvalue weighted by atomic mass is 35.5. The van der Waals surface area contributed by atoms with Gasteiger partial charge in [-0.25, -0.2) is 4.79 Å². The molecule has 6 nitrogen and oxygen atoms in total. The van der Waals surface area contributed by atoms with Gasteiger partial charge in [-0.05, 0) is 31.5 Å². The van der Waals surface area contributed by atoms with Crippen molar-refractivity contribution < 1.29 is 19.1 Å². The van der Waals surface area contributed by atoms with Crippen LogP contribution in [-0.2, 0) is 9.53 Å². The van der Waals surface area contributed by atoms with E-state index in [0.717, 1.165) is 16.2 Å². The van der Waals surface area contributed by atoms with Gasteiger partial charge < -0.3 is 15.0 Å². The fourth-order valence-electron chi connectivity index (χ4n) is 2.33. The van der Waals surface area contributed by atoms with Crippen molar-refractivity contribution in [2.24, 2.45) is 0 Å². The van der Waals surface area contributed by atoms with Crippen LogP contribution in [0.25, 0.3) is 0 Å². The van der Waals surface area contributed by atoms with Crippen molar-refractivity contribution in [2.45, 2.75) is 18.7 Å². The monoisotopic (exact) mass is 440 g/mol. The summed E-state index contributed by atoms with van der Waals surface area (Å²) < 4.78 is 5.10. The number of hydrogen-bond acceptors (Lipinski definition) is 6. The van der Waals surface area contributed by atoms with Gasteiger partial charge in [-0.2, -0.15) is 0 Å². The van der Waals surface area contributed by atoms with E-state index in [1.807, 2.05) is 18.2 Å². The molecule has 1 heterocycles. The summed E-state index contributed by atoms with van der Waals surface area (Å²) in [6.45, 7) is 3.57. The second kappa shape index (κ2) is 9.95. The molecule has 0 atom stereocenters. The number of carbonyl (C=O) groups excluding carboxylic acids is 3. The number of thioether (sulfide) groups is 1. The van der Waals surface area contributed by atoms with E-state index in [9.17, 15) is 14.4 Å². The molecule has 0 aliphatic carbocycles. The molecule has 2 rings (SSSR count). The highest BCUT2D eigenvalue weighted by Crippen LogP contribution is 2.35. The van der Waals surface area contributed by atoms with Crippen LogP contribution < -0.4 is 5.32 Å². The first-order valence-electron chi connectivity index (χ1n) is 8.45. The van der Waals surface area contributed by atoms with Gasteiger partial charge in [0.2, 0.25) is 5.91 Å². The number of thiophene rings is 1. The molecule has 0 bridgehead atoms. The molecule has 0 unspecified atom stereocenters. The van der Waals surface area contributed by atoms with Crippen LogP contribution in [0, 0.1) is 6.92 Å². The highest BCUT2D eigenvalue weighted by Gasteiger charge is 2.27. The number of hydrogen-bond donors (Lipinski definition) is 1. The molecule has 28 heavy (non-hydrogen) atoms. The van der Waals surface area contributed by atoms with Crippen LogP contribution in [0.5, 0.6) is 0 Å². The molecule has 1 aromatic carbocycles. The SMILES string of the molecule is CCOC(=O)c1c(NC(=O)CSc2ccccc2Cl)sc(C(=O)N(C)C)c1C. The standard InChI is InChI=1S/C19H21ClN2O4S2/c1-5-26-19(25)15-11(2)16(18(24)22(3)4)28-17(15)21-14(23)10-27-13-9-7-6-8-12(13)20/h6-9H,5,10H2,1-4H3,(H,21,23). The van der Waals surface area contributed by atoms with Gasteiger partial charge in [-0.15, -0.1) is 23.1 Å². The number of halogens is 1. The number of nitrogens with one attached hydrogen (secondary N) is 1. The fraction of sp³-hybridized carbons (Fsp3) is 0.316. The molecule has 0 saturated heterocycles. The molecule has 0 spiro atoms. The third-order valence-electron chi connectivity index (χ3n) is 3.68. The summed E-state index contributed by atoms with van der Waals surface area (Å²) in [6.07, 6.45) is 0. The minimum Gasteiger partial charge on any atom is -0.462 e. The zero-order valence-corrected chi connectivity index (χ0v) is 18.4. The third-order valence-corrected chi connectivity index (χ3v) is 6.39. The predicted molar refractivity (Wildman–Crippen MR) is 114 cm³/mol. The number of nitrogens with zero attached hydrogens (tertiary/aromatic N) is 1. The first-order valence-corrected chi connectivity index (χ1v) is 10.6. The van der Waals surface area contributed by atoms with Gasteiger partial charge in [0.1, 0.15) is 5.00 Å². The zero-order valence-electron chi connectivity index (χ0n) is 16.0. The molecule has 0 radical (unpaired) electrons. The lowest BCUT2D eigenvalue weighted by Gasteiger charge is -2.09. The molecule has 0 aliphatic heterocycles. The maximum atomic E-state index is 12.4. The van der Waals surface area contributed by atoms with Crippen LogP contribution in [0.15, 0.2) is 29.2 Å². The van der Waals surface area contributed by atoms with Gasteiger partial charge >= 0.3 is 5.97 Å². The molecular formula is C19H21ClN2O4S2. The molecule has 0 fully saturated rings. The van der Waals surface area contributed by atoms with Crippen LogP contribution >= 0.6 is 34.7 Å². The molecule has 2 amide bonds. The summed E-state index contributed by atoms with van der Waals surface area (Å²) in [5.41, 5.74) is 0.712. The summed E-state index contributed by atoms with van der Waals surface area (Å²) in [4.78, 5) is 39.8. The van der Waals surface area contributed by atoms with Crippen LogP contribution in [0.3, 0.4) is 0 Å². The largest absolute Gasteiger partial charge is 0.462 e. The lowest BCUT2D eigenvalue weighted by Crippen LogP contribution is -2.21. The molecule has 1 aromatic heterocycles. The van der Waals surface area contributed by atoms with E-state index in [2.05, 4.69) is 5.32 Å². The lowest BCUT2D eigenvalue weighted by atomic mass is 10.1. The number of carbonyl (C=O) groups is 3. The van der Waals surface area contributed by atoms with E-state index < -0.39 is 5.97 Å². The molecule has 150 valence electrons. The van der Waals surface area contributed by atoms with Crippen molar-refractivity contribution in [3.8, 4) is 0 Å². The number of benzene rings is 1. The normalized spacial score (nSPS) is 10.5. The Morgan fingerprint density at radius 1 is 1.25 bits per heavy atom. The van der Waals surface area contributed by atoms with Crippen molar-refractivity contribution in [2.75, 3.05) is 31.8 Å². The van der Waals surface area contributed by atoms with Gasteiger partial charge in [0.05, 0.1) is 27.8 Å². The van der Waals surface area contributed by atoms with Crippen LogP contribution in [0.4, 0.5) is 5.00 Å². The summed E-state index contributed by atoms with van der Waals surface area (Å²) in [5.74, 6) is -0.998. The Hall–Kier alpha value is -2.03. The van der Waals surface area contributed by atoms with E-state index in [-0.39, 0.29) is 29.7 Å². The van der Waals surface area contributed by atoms with Gasteiger partial charge in [-0.1, -0.05) is 23.7 Å². The summed E-state index contributed by atoms with van der Waals surface area (Å²) in [7, 11) is 3.26. The average molecular weight is 441 g/mol. The molecule has 2 aromatic rings. The van der Waals surface area contributed by atoms with Crippen molar-refractivity contribution in [1.29, 1.82) is 0 Å². The molecule has 0 aliphatic rings. The summed E-state index contributed by atoms with van der Waals surface area (Å²) in [6, 6.07) is 7.23. The molecule has 1 N–H and O–H groups in total. The van der Waals surface area contributed by atoms with Gasteiger partial charge in [-0.3, -0.25) is 9.59 Å². The van der Waals surface area contributed by atoms with Crippen molar-refractivity contribution in [3.05, 3.63) is 45.3 Å². The smallest absolute Gasteiger partial charge is 0.341 e. The van der Waals surface area contributed by atoms with Crippen LogP contribution in [0.2, 0.25) is 5.02 Å². The summed E-state index contributed by atoms with van der Waals surface area (Å²) >= 11 is 8.47. The molecule has 0 saturated carbocycles. The predicted octanol–water partition coefficient (Wildman–Crippen LogP) is 4.32. The Bertz CT molecular complexity index is 896. The Balaban J connectivity index is 2.24. The number of amides is 2. The van der Waals surface area contributed by atoms with Crippen molar-refractivity contribution in [3.63, 3.8) is 0 Å². The third kappa shape index (κ3) is 5.27. The maximum Gasteiger partial charge on any atom is 0.341 e. The van der Waals surface area contributed by atoms with Crippen molar-refractivity contribution >= 4 is 57.5 Å². The van der Waals surface area contributed by atoms with E-state index in [0.29, 0.717) is 20.5 Å². The molecular weight excluding hydrogens is 420 g/mol.